The maximum atomic E-state index is 12.2. The molecule has 0 atom stereocenters. The van der Waals surface area contributed by atoms with Gasteiger partial charge in [-0.3, -0.25) is 15.6 Å². The van der Waals surface area contributed by atoms with Crippen LogP contribution in [0.3, 0.4) is 0 Å². The number of carbonyl (C=O) groups excluding carboxylic acids is 1. The van der Waals surface area contributed by atoms with Gasteiger partial charge in [-0.2, -0.15) is 0 Å². The summed E-state index contributed by atoms with van der Waals surface area (Å²) < 4.78 is 5.79. The second-order valence-electron chi connectivity index (χ2n) is 6.49. The number of hydrazine groups is 1. The van der Waals surface area contributed by atoms with Gasteiger partial charge >= 0.3 is 0 Å². The molecule has 1 amide bonds. The van der Waals surface area contributed by atoms with Crippen LogP contribution in [0, 0.1) is 0 Å². The normalized spacial score (nSPS) is 10.2. The number of anilines is 4. The third-order valence-corrected chi connectivity index (χ3v) is 4.31. The molecule has 4 aromatic rings. The van der Waals surface area contributed by atoms with Crippen molar-refractivity contribution in [2.75, 3.05) is 16.5 Å². The van der Waals surface area contributed by atoms with E-state index in [4.69, 9.17) is 10.5 Å². The van der Waals surface area contributed by atoms with Crippen molar-refractivity contribution in [1.29, 1.82) is 0 Å². The van der Waals surface area contributed by atoms with Gasteiger partial charge in [0.15, 0.2) is 11.6 Å². The van der Waals surface area contributed by atoms with E-state index in [-0.39, 0.29) is 17.4 Å². The largest absolute Gasteiger partial charge is 0.457 e. The van der Waals surface area contributed by atoms with E-state index >= 15 is 0 Å². The van der Waals surface area contributed by atoms with Crippen LogP contribution in [0.5, 0.6) is 11.5 Å². The first-order valence-corrected chi connectivity index (χ1v) is 9.51. The Morgan fingerprint density at radius 1 is 0.774 bits per heavy atom. The summed E-state index contributed by atoms with van der Waals surface area (Å²) in [6.45, 7) is 0. The van der Waals surface area contributed by atoms with E-state index in [1.54, 1.807) is 24.3 Å². The molecular formula is C23H20N6O2. The predicted octanol–water partition coefficient (Wildman–Crippen LogP) is 4.35. The van der Waals surface area contributed by atoms with E-state index in [9.17, 15) is 4.79 Å². The Balaban J connectivity index is 1.40. The summed E-state index contributed by atoms with van der Waals surface area (Å²) in [4.78, 5) is 20.4. The molecule has 8 nitrogen and oxygen atoms in total. The van der Waals surface area contributed by atoms with Gasteiger partial charge in [-0.15, -0.1) is 0 Å². The van der Waals surface area contributed by atoms with Crippen LogP contribution in [-0.2, 0) is 0 Å². The molecule has 0 aliphatic rings. The summed E-state index contributed by atoms with van der Waals surface area (Å²) in [5.74, 6) is 1.85. The van der Waals surface area contributed by atoms with Crippen LogP contribution in [0.1, 0.15) is 10.4 Å². The number of hydrogen-bond acceptors (Lipinski definition) is 7. The lowest BCUT2D eigenvalue weighted by atomic mass is 10.2. The lowest BCUT2D eigenvalue weighted by Crippen LogP contribution is -2.30. The average Bonchev–Trinajstić information content (AvgIpc) is 2.82. The Bertz CT molecular complexity index is 1150. The fourth-order valence-electron chi connectivity index (χ4n) is 2.74. The van der Waals surface area contributed by atoms with Gasteiger partial charge < -0.3 is 15.8 Å². The quantitative estimate of drug-likeness (QED) is 0.334. The highest BCUT2D eigenvalue weighted by Gasteiger charge is 2.10. The van der Waals surface area contributed by atoms with Crippen LogP contribution in [0.25, 0.3) is 0 Å². The molecule has 0 saturated heterocycles. The molecule has 4 rings (SSSR count). The van der Waals surface area contributed by atoms with Gasteiger partial charge in [0.05, 0.1) is 0 Å². The molecule has 1 heterocycles. The van der Waals surface area contributed by atoms with Crippen molar-refractivity contribution in [3.63, 3.8) is 0 Å². The van der Waals surface area contributed by atoms with E-state index in [0.717, 1.165) is 11.4 Å². The van der Waals surface area contributed by atoms with Crippen molar-refractivity contribution in [1.82, 2.24) is 15.4 Å². The summed E-state index contributed by atoms with van der Waals surface area (Å²) in [7, 11) is 0. The van der Waals surface area contributed by atoms with Crippen molar-refractivity contribution in [2.45, 2.75) is 0 Å². The molecule has 0 aliphatic heterocycles. The minimum absolute atomic E-state index is 0.264. The van der Waals surface area contributed by atoms with Crippen LogP contribution < -0.4 is 26.6 Å². The third-order valence-electron chi connectivity index (χ3n) is 4.31. The zero-order valence-corrected chi connectivity index (χ0v) is 16.4. The van der Waals surface area contributed by atoms with Gasteiger partial charge in [0, 0.05) is 11.3 Å². The second-order valence-corrected chi connectivity index (χ2v) is 6.49. The summed E-state index contributed by atoms with van der Waals surface area (Å²) in [5.41, 5.74) is 13.0. The highest BCUT2D eigenvalue weighted by molar-refractivity contribution is 5.95. The Hall–Kier alpha value is -4.59. The summed E-state index contributed by atoms with van der Waals surface area (Å²) in [5, 5.41) is 3.14. The molecular weight excluding hydrogens is 392 g/mol. The van der Waals surface area contributed by atoms with Gasteiger partial charge in [0.25, 0.3) is 5.91 Å². The molecule has 154 valence electrons. The topological polar surface area (TPSA) is 114 Å². The van der Waals surface area contributed by atoms with Crippen LogP contribution in [-0.4, -0.2) is 15.9 Å². The van der Waals surface area contributed by atoms with Crippen LogP contribution >= 0.6 is 0 Å². The molecule has 1 aromatic heterocycles. The Kier molecular flexibility index (Phi) is 5.90. The number of carbonyl (C=O) groups is 1. The first-order valence-electron chi connectivity index (χ1n) is 9.51. The van der Waals surface area contributed by atoms with Gasteiger partial charge in [-0.25, -0.2) is 9.97 Å². The minimum atomic E-state index is -0.304. The van der Waals surface area contributed by atoms with Crippen molar-refractivity contribution >= 4 is 28.9 Å². The molecule has 0 unspecified atom stereocenters. The zero-order valence-electron chi connectivity index (χ0n) is 16.4. The van der Waals surface area contributed by atoms with Gasteiger partial charge in [-0.1, -0.05) is 36.4 Å². The van der Waals surface area contributed by atoms with Crippen molar-refractivity contribution < 1.29 is 9.53 Å². The van der Waals surface area contributed by atoms with Crippen LogP contribution in [0.4, 0.5) is 23.0 Å². The van der Waals surface area contributed by atoms with Crippen LogP contribution in [0.15, 0.2) is 91.3 Å². The number of aromatic nitrogens is 2. The number of para-hydroxylation sites is 1. The number of nitrogens with zero attached hydrogens (tertiary/aromatic N) is 2. The number of nitrogens with one attached hydrogen (secondary N) is 3. The van der Waals surface area contributed by atoms with Crippen LogP contribution in [0.2, 0.25) is 0 Å². The SMILES string of the molecule is Nc1c(NNC(=O)c2ccccc2)ncnc1Nc1ccc(Oc2ccccc2)cc1. The lowest BCUT2D eigenvalue weighted by Gasteiger charge is -2.13. The summed E-state index contributed by atoms with van der Waals surface area (Å²) in [6, 6.07) is 25.7. The van der Waals surface area contributed by atoms with E-state index < -0.39 is 0 Å². The number of nitrogen functional groups attached to an aromatic ring is 1. The standard InChI is InChI=1S/C23H20N6O2/c24-20-21(25-15-26-22(20)28-29-23(30)16-7-3-1-4-8-16)27-17-11-13-19(14-12-17)31-18-9-5-2-6-10-18/h1-15H,24H2,(H,29,30)(H2,25,26,27,28). The lowest BCUT2D eigenvalue weighted by molar-refractivity contribution is 0.0962. The van der Waals surface area contributed by atoms with E-state index in [2.05, 4.69) is 26.1 Å². The maximum Gasteiger partial charge on any atom is 0.269 e. The van der Waals surface area contributed by atoms with Crippen molar-refractivity contribution in [2.24, 2.45) is 0 Å². The molecule has 3 aromatic carbocycles. The molecule has 0 bridgehead atoms. The number of rotatable bonds is 7. The first kappa shape index (κ1) is 19.7. The molecule has 0 spiro atoms. The van der Waals surface area contributed by atoms with Gasteiger partial charge in [-0.05, 0) is 48.5 Å². The Morgan fingerprint density at radius 3 is 2.10 bits per heavy atom. The number of hydrogen-bond donors (Lipinski definition) is 4. The molecule has 0 radical (unpaired) electrons. The van der Waals surface area contributed by atoms with E-state index in [1.807, 2.05) is 60.7 Å². The van der Waals surface area contributed by atoms with Gasteiger partial charge in [0.1, 0.15) is 23.5 Å². The molecule has 0 aliphatic carbocycles. The smallest absolute Gasteiger partial charge is 0.269 e. The number of nitrogens with two attached hydrogens (primary N) is 1. The summed E-state index contributed by atoms with van der Waals surface area (Å²) in [6.07, 6.45) is 1.35. The average molecular weight is 412 g/mol. The Labute approximate surface area is 179 Å². The maximum absolute atomic E-state index is 12.2. The molecule has 0 fully saturated rings. The van der Waals surface area contributed by atoms with Gasteiger partial charge in [0.2, 0.25) is 0 Å². The fraction of sp³-hybridized carbons (Fsp3) is 0. The van der Waals surface area contributed by atoms with E-state index in [0.29, 0.717) is 17.1 Å². The minimum Gasteiger partial charge on any atom is -0.457 e. The summed E-state index contributed by atoms with van der Waals surface area (Å²) >= 11 is 0. The number of ether oxygens (including phenoxy) is 1. The number of amides is 1. The highest BCUT2D eigenvalue weighted by atomic mass is 16.5. The molecule has 5 N–H and O–H groups in total. The predicted molar refractivity (Wildman–Crippen MR) is 120 cm³/mol. The number of benzene rings is 3. The molecule has 0 saturated carbocycles. The first-order chi connectivity index (χ1) is 15.2. The molecule has 31 heavy (non-hydrogen) atoms. The fourth-order valence-corrected chi connectivity index (χ4v) is 2.74. The zero-order chi connectivity index (χ0) is 21.5. The van der Waals surface area contributed by atoms with Crippen molar-refractivity contribution in [3.8, 4) is 11.5 Å². The third kappa shape index (κ3) is 5.07. The molecule has 8 heteroatoms. The Morgan fingerprint density at radius 2 is 1.39 bits per heavy atom. The van der Waals surface area contributed by atoms with Crippen molar-refractivity contribution in [3.05, 3.63) is 96.8 Å². The monoisotopic (exact) mass is 412 g/mol. The second kappa shape index (κ2) is 9.27. The van der Waals surface area contributed by atoms with E-state index in [1.165, 1.54) is 6.33 Å². The highest BCUT2D eigenvalue weighted by Crippen LogP contribution is 2.27.